The second-order valence-corrected chi connectivity index (χ2v) is 4.72. The molecule has 1 aromatic carbocycles. The number of hydrogen-bond acceptors (Lipinski definition) is 5. The van der Waals surface area contributed by atoms with Crippen molar-refractivity contribution in [2.75, 3.05) is 14.2 Å². The van der Waals surface area contributed by atoms with Crippen LogP contribution in [0.4, 0.5) is 0 Å². The minimum atomic E-state index is -0.265. The third-order valence-corrected chi connectivity index (χ3v) is 3.14. The number of ether oxygens (including phenoxy) is 2. The number of oxazole rings is 1. The normalized spacial score (nSPS) is 9.83. The van der Waals surface area contributed by atoms with Gasteiger partial charge in [-0.3, -0.25) is 4.79 Å². The van der Waals surface area contributed by atoms with Crippen LogP contribution in [0.2, 0.25) is 0 Å². The molecule has 0 aliphatic rings. The van der Waals surface area contributed by atoms with Crippen LogP contribution in [0.3, 0.4) is 0 Å². The van der Waals surface area contributed by atoms with Gasteiger partial charge in [-0.1, -0.05) is 24.3 Å². The van der Waals surface area contributed by atoms with Gasteiger partial charge >= 0.3 is 5.97 Å². The molecule has 1 aromatic heterocycles. The van der Waals surface area contributed by atoms with Crippen molar-refractivity contribution in [2.24, 2.45) is 0 Å². The van der Waals surface area contributed by atoms with E-state index in [1.807, 2.05) is 48.5 Å². The van der Waals surface area contributed by atoms with Crippen LogP contribution in [-0.2, 0) is 16.0 Å². The SMILES string of the molecule is COC(=O)CCc1coc(-c2cccccc(OC)ccc2)n1. The van der Waals surface area contributed by atoms with Gasteiger partial charge in [0.05, 0.1) is 26.3 Å². The molecular formula is C18H19NO4. The van der Waals surface area contributed by atoms with Crippen LogP contribution in [0.5, 0.6) is 5.75 Å². The first-order valence-corrected chi connectivity index (χ1v) is 7.22. The summed E-state index contributed by atoms with van der Waals surface area (Å²) < 4.78 is 15.3. The van der Waals surface area contributed by atoms with E-state index in [0.29, 0.717) is 18.0 Å². The van der Waals surface area contributed by atoms with Crippen LogP contribution in [0, 0.1) is 0 Å². The first-order chi connectivity index (χ1) is 11.2. The Morgan fingerprint density at radius 3 is 2.61 bits per heavy atom. The van der Waals surface area contributed by atoms with E-state index in [2.05, 4.69) is 9.72 Å². The smallest absolute Gasteiger partial charge is 0.305 e. The van der Waals surface area contributed by atoms with Crippen LogP contribution in [0.25, 0.3) is 11.5 Å². The molecule has 0 bridgehead atoms. The number of carbonyl (C=O) groups is 1. The molecule has 120 valence electrons. The van der Waals surface area contributed by atoms with Gasteiger partial charge in [-0.15, -0.1) is 0 Å². The van der Waals surface area contributed by atoms with Gasteiger partial charge < -0.3 is 13.9 Å². The fraction of sp³-hybridized carbons (Fsp3) is 0.222. The van der Waals surface area contributed by atoms with Crippen molar-refractivity contribution in [1.29, 1.82) is 0 Å². The van der Waals surface area contributed by atoms with Crippen LogP contribution in [0.15, 0.2) is 59.2 Å². The van der Waals surface area contributed by atoms with Crippen LogP contribution in [-0.4, -0.2) is 25.2 Å². The number of aryl methyl sites for hydroxylation is 1. The highest BCUT2D eigenvalue weighted by molar-refractivity contribution is 5.69. The molecule has 23 heavy (non-hydrogen) atoms. The zero-order valence-electron chi connectivity index (χ0n) is 13.2. The molecule has 2 rings (SSSR count). The van der Waals surface area contributed by atoms with Crippen LogP contribution in [0.1, 0.15) is 12.1 Å². The van der Waals surface area contributed by atoms with Gasteiger partial charge in [-0.2, -0.15) is 0 Å². The molecule has 0 N–H and O–H groups in total. The quantitative estimate of drug-likeness (QED) is 0.790. The van der Waals surface area contributed by atoms with Crippen molar-refractivity contribution in [3.05, 3.63) is 60.5 Å². The summed E-state index contributed by atoms with van der Waals surface area (Å²) in [5, 5.41) is 0. The van der Waals surface area contributed by atoms with Crippen molar-refractivity contribution in [1.82, 2.24) is 4.98 Å². The highest BCUT2D eigenvalue weighted by atomic mass is 16.5. The van der Waals surface area contributed by atoms with Gasteiger partial charge in [0.25, 0.3) is 0 Å². The van der Waals surface area contributed by atoms with Gasteiger partial charge in [0.15, 0.2) is 0 Å². The van der Waals surface area contributed by atoms with Crippen molar-refractivity contribution >= 4 is 5.97 Å². The lowest BCUT2D eigenvalue weighted by Crippen LogP contribution is -2.01. The highest BCUT2D eigenvalue weighted by Crippen LogP contribution is 2.18. The number of methoxy groups -OCH3 is 2. The maximum atomic E-state index is 11.2. The average molecular weight is 313 g/mol. The molecule has 0 atom stereocenters. The summed E-state index contributed by atoms with van der Waals surface area (Å²) in [6, 6.07) is 15.1. The first-order valence-electron chi connectivity index (χ1n) is 7.22. The Hall–Kier alpha value is -2.82. The summed E-state index contributed by atoms with van der Waals surface area (Å²) in [5.74, 6) is 0.986. The zero-order chi connectivity index (χ0) is 16.5. The van der Waals surface area contributed by atoms with E-state index >= 15 is 0 Å². The Kier molecular flexibility index (Phi) is 6.17. The van der Waals surface area contributed by atoms with Gasteiger partial charge in [-0.05, 0) is 24.3 Å². The number of esters is 1. The molecule has 0 aliphatic carbocycles. The van der Waals surface area contributed by atoms with Crippen molar-refractivity contribution < 1.29 is 18.7 Å². The zero-order valence-corrected chi connectivity index (χ0v) is 13.2. The molecule has 0 saturated heterocycles. The monoisotopic (exact) mass is 313 g/mol. The van der Waals surface area contributed by atoms with E-state index < -0.39 is 0 Å². The van der Waals surface area contributed by atoms with Crippen molar-refractivity contribution in [3.63, 3.8) is 0 Å². The highest BCUT2D eigenvalue weighted by Gasteiger charge is 2.08. The molecular weight excluding hydrogens is 294 g/mol. The average Bonchev–Trinajstić information content (AvgIpc) is 3.05. The topological polar surface area (TPSA) is 61.6 Å². The van der Waals surface area contributed by atoms with Gasteiger partial charge in [-0.25, -0.2) is 4.98 Å². The largest absolute Gasteiger partial charge is 0.497 e. The number of hydrogen-bond donors (Lipinski definition) is 0. The van der Waals surface area contributed by atoms with Gasteiger partial charge in [0.1, 0.15) is 12.0 Å². The number of carbonyl (C=O) groups excluding carboxylic acids is 1. The number of rotatable bonds is 5. The predicted molar refractivity (Wildman–Crippen MR) is 86.5 cm³/mol. The molecule has 0 amide bonds. The van der Waals surface area contributed by atoms with Crippen LogP contribution < -0.4 is 4.74 Å². The van der Waals surface area contributed by atoms with E-state index in [1.54, 1.807) is 13.4 Å². The summed E-state index contributed by atoms with van der Waals surface area (Å²) >= 11 is 0. The molecule has 0 radical (unpaired) electrons. The third-order valence-electron chi connectivity index (χ3n) is 3.14. The molecule has 1 heterocycles. The summed E-state index contributed by atoms with van der Waals surface area (Å²) in [5.41, 5.74) is 1.54. The summed E-state index contributed by atoms with van der Waals surface area (Å²) in [6.07, 6.45) is 2.33. The number of nitrogens with zero attached hydrogens (tertiary/aromatic N) is 1. The fourth-order valence-electron chi connectivity index (χ4n) is 1.90. The van der Waals surface area contributed by atoms with Gasteiger partial charge in [0, 0.05) is 12.0 Å². The third kappa shape index (κ3) is 5.14. The Morgan fingerprint density at radius 2 is 1.83 bits per heavy atom. The standard InChI is InChI=1S/C18H19NO4/c1-21-16-9-5-3-4-7-14(8-6-10-16)18-19-15(13-23-18)11-12-17(20)22-2/h3-10,13H,11-12H2,1-2H3. The first kappa shape index (κ1) is 16.5. The minimum absolute atomic E-state index is 0.265. The Morgan fingerprint density at radius 1 is 1.09 bits per heavy atom. The Labute approximate surface area is 135 Å². The fourth-order valence-corrected chi connectivity index (χ4v) is 1.90. The Balaban J connectivity index is 2.23. The van der Waals surface area contributed by atoms with Crippen LogP contribution >= 0.6 is 0 Å². The lowest BCUT2D eigenvalue weighted by atomic mass is 10.2. The predicted octanol–water partition coefficient (Wildman–Crippen LogP) is 3.58. The molecule has 0 unspecified atom stereocenters. The molecule has 0 aliphatic heterocycles. The van der Waals surface area contributed by atoms with Gasteiger partial charge in [0.2, 0.25) is 5.89 Å². The lowest BCUT2D eigenvalue weighted by Gasteiger charge is -1.95. The molecule has 5 heteroatoms. The molecule has 0 spiro atoms. The summed E-state index contributed by atoms with van der Waals surface area (Å²) in [4.78, 5) is 15.6. The molecule has 5 nitrogen and oxygen atoms in total. The van der Waals surface area contributed by atoms with E-state index in [9.17, 15) is 4.79 Å². The maximum Gasteiger partial charge on any atom is 0.305 e. The van der Waals surface area contributed by atoms with E-state index in [4.69, 9.17) is 9.15 Å². The van der Waals surface area contributed by atoms with E-state index in [-0.39, 0.29) is 12.4 Å². The minimum Gasteiger partial charge on any atom is -0.497 e. The van der Waals surface area contributed by atoms with E-state index in [0.717, 1.165) is 11.3 Å². The molecule has 0 fully saturated rings. The lowest BCUT2D eigenvalue weighted by molar-refractivity contribution is -0.140. The Bertz CT molecular complexity index is 708. The second-order valence-electron chi connectivity index (χ2n) is 4.72. The van der Waals surface area contributed by atoms with Crippen molar-refractivity contribution in [2.45, 2.75) is 12.8 Å². The van der Waals surface area contributed by atoms with E-state index in [1.165, 1.54) is 7.11 Å². The summed E-state index contributed by atoms with van der Waals surface area (Å²) in [6.45, 7) is 0. The molecule has 2 aromatic rings. The maximum absolute atomic E-state index is 11.2. The number of aromatic nitrogens is 1. The van der Waals surface area contributed by atoms with Crippen molar-refractivity contribution in [3.8, 4) is 17.2 Å². The molecule has 0 saturated carbocycles. The summed E-state index contributed by atoms with van der Waals surface area (Å²) in [7, 11) is 2.99. The second kappa shape index (κ2) is 8.58.